The zero-order valence-electron chi connectivity index (χ0n) is 17.7. The molecule has 0 saturated heterocycles. The maximum absolute atomic E-state index is 6.26. The first-order valence-electron chi connectivity index (χ1n) is 11.0. The first-order chi connectivity index (χ1) is 16.4. The minimum Gasteiger partial charge on any atom is -0.455 e. The smallest absolute Gasteiger partial charge is 0.144 e. The monoisotopic (exact) mass is 422 g/mol. The van der Waals surface area contributed by atoms with E-state index < -0.39 is 0 Å². The van der Waals surface area contributed by atoms with E-state index in [1.54, 1.807) is 0 Å². The van der Waals surface area contributed by atoms with Crippen molar-refractivity contribution in [2.75, 3.05) is 0 Å². The van der Waals surface area contributed by atoms with Gasteiger partial charge in [-0.1, -0.05) is 78.9 Å². The highest BCUT2D eigenvalue weighted by molar-refractivity contribution is 6.11. The Morgan fingerprint density at radius 3 is 2.03 bits per heavy atom. The number of aromatic nitrogens is 2. The number of fused-ring (bicyclic) bond motifs is 6. The molecule has 3 heterocycles. The van der Waals surface area contributed by atoms with Crippen LogP contribution < -0.4 is 0 Å². The van der Waals surface area contributed by atoms with Crippen molar-refractivity contribution in [3.05, 3.63) is 109 Å². The predicted molar refractivity (Wildman–Crippen MR) is 135 cm³/mol. The van der Waals surface area contributed by atoms with Crippen LogP contribution in [0, 0.1) is 0 Å². The van der Waals surface area contributed by atoms with E-state index >= 15 is 0 Å². The van der Waals surface area contributed by atoms with Gasteiger partial charge in [0.25, 0.3) is 0 Å². The fourth-order valence-electron chi connectivity index (χ4n) is 4.76. The van der Waals surface area contributed by atoms with E-state index in [-0.39, 0.29) is 0 Å². The van der Waals surface area contributed by atoms with Crippen molar-refractivity contribution in [2.24, 2.45) is 0 Å². The molecule has 0 saturated carbocycles. The second-order valence-electron chi connectivity index (χ2n) is 8.21. The minimum absolute atomic E-state index is 0.850. The second kappa shape index (κ2) is 7.01. The molecule has 33 heavy (non-hydrogen) atoms. The Balaban J connectivity index is 1.48. The molecule has 0 fully saturated rings. The van der Waals surface area contributed by atoms with Crippen LogP contribution in [0.1, 0.15) is 0 Å². The summed E-state index contributed by atoms with van der Waals surface area (Å²) in [4.78, 5) is 10.1. The summed E-state index contributed by atoms with van der Waals surface area (Å²) in [5, 5.41) is 5.66. The van der Waals surface area contributed by atoms with Crippen molar-refractivity contribution >= 4 is 43.6 Å². The highest BCUT2D eigenvalue weighted by Gasteiger charge is 2.15. The molecule has 0 aliphatic carbocycles. The van der Waals surface area contributed by atoms with E-state index in [2.05, 4.69) is 66.7 Å². The Morgan fingerprint density at radius 1 is 0.455 bits per heavy atom. The van der Waals surface area contributed by atoms with Crippen LogP contribution in [0.4, 0.5) is 0 Å². The Labute approximate surface area is 190 Å². The SMILES string of the molecule is c1cc(-c2nc3ccccc3c3ccccc23)nc(-c2cccc3c2oc2ccccc23)c1. The number of nitrogens with zero attached hydrogens (tertiary/aromatic N) is 2. The van der Waals surface area contributed by atoms with Gasteiger partial charge in [0.15, 0.2) is 0 Å². The van der Waals surface area contributed by atoms with Crippen LogP contribution in [0.5, 0.6) is 0 Å². The number of hydrogen-bond acceptors (Lipinski definition) is 3. The molecule has 0 aliphatic heterocycles. The molecule has 0 aliphatic rings. The van der Waals surface area contributed by atoms with Gasteiger partial charge in [0.1, 0.15) is 11.2 Å². The first-order valence-corrected chi connectivity index (χ1v) is 11.0. The van der Waals surface area contributed by atoms with Gasteiger partial charge in [0, 0.05) is 27.1 Å². The molecule has 154 valence electrons. The molecule has 0 amide bonds. The molecule has 3 nitrogen and oxygen atoms in total. The number of rotatable bonds is 2. The Bertz CT molecular complexity index is 1830. The molecular weight excluding hydrogens is 404 g/mol. The number of furan rings is 1. The van der Waals surface area contributed by atoms with Crippen LogP contribution >= 0.6 is 0 Å². The average molecular weight is 422 g/mol. The summed E-state index contributed by atoms with van der Waals surface area (Å²) in [6, 6.07) is 37.2. The highest BCUT2D eigenvalue weighted by atomic mass is 16.3. The number of hydrogen-bond donors (Lipinski definition) is 0. The lowest BCUT2D eigenvalue weighted by Crippen LogP contribution is -1.93. The van der Waals surface area contributed by atoms with E-state index in [0.717, 1.165) is 60.9 Å². The summed E-state index contributed by atoms with van der Waals surface area (Å²) in [7, 11) is 0. The maximum atomic E-state index is 6.26. The number of para-hydroxylation sites is 3. The quantitative estimate of drug-likeness (QED) is 0.265. The lowest BCUT2D eigenvalue weighted by molar-refractivity contribution is 0.670. The summed E-state index contributed by atoms with van der Waals surface area (Å²) in [5.41, 5.74) is 6.31. The summed E-state index contributed by atoms with van der Waals surface area (Å²) in [6.45, 7) is 0. The third kappa shape index (κ3) is 2.76. The van der Waals surface area contributed by atoms with Crippen LogP contribution in [-0.2, 0) is 0 Å². The van der Waals surface area contributed by atoms with Crippen LogP contribution in [0.15, 0.2) is 114 Å². The van der Waals surface area contributed by atoms with Gasteiger partial charge in [-0.15, -0.1) is 0 Å². The third-order valence-corrected chi connectivity index (χ3v) is 6.28. The Hall–Kier alpha value is -4.50. The molecule has 0 unspecified atom stereocenters. The van der Waals surface area contributed by atoms with Gasteiger partial charge in [-0.25, -0.2) is 9.97 Å². The standard InChI is InChI=1S/C30H18N2O/c1-2-12-22-19(9-1)20-10-3-5-15-25(20)32-29(22)27-17-8-16-26(31-27)24-14-7-13-23-21-11-4-6-18-28(21)33-30(23)24/h1-18H. The molecule has 0 N–H and O–H groups in total. The largest absolute Gasteiger partial charge is 0.455 e. The molecule has 0 atom stereocenters. The molecule has 0 spiro atoms. The molecule has 0 radical (unpaired) electrons. The third-order valence-electron chi connectivity index (χ3n) is 6.28. The molecule has 3 heteroatoms. The Morgan fingerprint density at radius 2 is 1.12 bits per heavy atom. The van der Waals surface area contributed by atoms with Crippen molar-refractivity contribution in [3.8, 4) is 22.6 Å². The predicted octanol–water partition coefficient (Wildman–Crippen LogP) is 8.02. The van der Waals surface area contributed by atoms with Gasteiger partial charge in [-0.3, -0.25) is 0 Å². The molecule has 4 aromatic carbocycles. The highest BCUT2D eigenvalue weighted by Crippen LogP contribution is 2.36. The lowest BCUT2D eigenvalue weighted by Gasteiger charge is -2.10. The number of pyridine rings is 2. The van der Waals surface area contributed by atoms with Gasteiger partial charge in [-0.2, -0.15) is 0 Å². The van der Waals surface area contributed by atoms with Gasteiger partial charge in [-0.05, 0) is 35.7 Å². The van der Waals surface area contributed by atoms with Gasteiger partial charge in [0.2, 0.25) is 0 Å². The fourth-order valence-corrected chi connectivity index (χ4v) is 4.76. The van der Waals surface area contributed by atoms with Crippen molar-refractivity contribution < 1.29 is 4.42 Å². The molecule has 3 aromatic heterocycles. The van der Waals surface area contributed by atoms with Crippen molar-refractivity contribution in [2.45, 2.75) is 0 Å². The minimum atomic E-state index is 0.850. The van der Waals surface area contributed by atoms with Crippen molar-refractivity contribution in [3.63, 3.8) is 0 Å². The first kappa shape index (κ1) is 18.1. The van der Waals surface area contributed by atoms with Gasteiger partial charge in [0.05, 0.1) is 22.6 Å². The van der Waals surface area contributed by atoms with E-state index in [1.807, 2.05) is 42.5 Å². The van der Waals surface area contributed by atoms with Crippen molar-refractivity contribution in [1.29, 1.82) is 0 Å². The zero-order chi connectivity index (χ0) is 21.8. The number of benzene rings is 4. The van der Waals surface area contributed by atoms with E-state index in [9.17, 15) is 0 Å². The molecule has 7 aromatic rings. The molecular formula is C30H18N2O. The zero-order valence-corrected chi connectivity index (χ0v) is 17.7. The van der Waals surface area contributed by atoms with Crippen LogP contribution in [0.2, 0.25) is 0 Å². The fraction of sp³-hybridized carbons (Fsp3) is 0. The van der Waals surface area contributed by atoms with E-state index in [0.29, 0.717) is 0 Å². The lowest BCUT2D eigenvalue weighted by atomic mass is 10.0. The van der Waals surface area contributed by atoms with E-state index in [1.165, 1.54) is 5.39 Å². The van der Waals surface area contributed by atoms with Crippen molar-refractivity contribution in [1.82, 2.24) is 9.97 Å². The van der Waals surface area contributed by atoms with Gasteiger partial charge >= 0.3 is 0 Å². The summed E-state index contributed by atoms with van der Waals surface area (Å²) in [5.74, 6) is 0. The maximum Gasteiger partial charge on any atom is 0.144 e. The van der Waals surface area contributed by atoms with Crippen LogP contribution in [0.3, 0.4) is 0 Å². The topological polar surface area (TPSA) is 38.9 Å². The molecule has 0 bridgehead atoms. The second-order valence-corrected chi connectivity index (χ2v) is 8.21. The summed E-state index contributed by atoms with van der Waals surface area (Å²) >= 11 is 0. The van der Waals surface area contributed by atoms with Gasteiger partial charge < -0.3 is 4.42 Å². The average Bonchev–Trinajstić information content (AvgIpc) is 3.27. The molecule has 7 rings (SSSR count). The van der Waals surface area contributed by atoms with Crippen LogP contribution in [-0.4, -0.2) is 9.97 Å². The Kier molecular flexibility index (Phi) is 3.84. The van der Waals surface area contributed by atoms with E-state index in [4.69, 9.17) is 14.4 Å². The normalized spacial score (nSPS) is 11.6. The van der Waals surface area contributed by atoms with Crippen LogP contribution in [0.25, 0.3) is 66.3 Å². The summed E-state index contributed by atoms with van der Waals surface area (Å²) in [6.07, 6.45) is 0. The summed E-state index contributed by atoms with van der Waals surface area (Å²) < 4.78 is 6.26.